The monoisotopic (exact) mass is 296 g/mol. The van der Waals surface area contributed by atoms with Gasteiger partial charge in [-0.15, -0.1) is 0 Å². The highest BCUT2D eigenvalue weighted by atomic mass is 32.2. The van der Waals surface area contributed by atoms with E-state index in [4.69, 9.17) is 0 Å². The number of hydrogen-bond acceptors (Lipinski definition) is 5. The molecule has 20 heavy (non-hydrogen) atoms. The summed E-state index contributed by atoms with van der Waals surface area (Å²) in [5, 5.41) is 16.7. The Kier molecular flexibility index (Phi) is 3.02. The Hall–Kier alpha value is -1.87. The molecule has 0 saturated carbocycles. The van der Waals surface area contributed by atoms with E-state index in [1.165, 1.54) is 0 Å². The van der Waals surface area contributed by atoms with Crippen molar-refractivity contribution in [1.29, 1.82) is 0 Å². The van der Waals surface area contributed by atoms with Gasteiger partial charge in [0, 0.05) is 30.8 Å². The minimum Gasteiger partial charge on any atom is -0.312 e. The zero-order valence-corrected chi connectivity index (χ0v) is 12.1. The lowest BCUT2D eigenvalue weighted by atomic mass is 10.1. The molecule has 0 unspecified atom stereocenters. The molecule has 0 aliphatic carbocycles. The Morgan fingerprint density at radius 1 is 1.20 bits per heavy atom. The van der Waals surface area contributed by atoms with Crippen LogP contribution in [0.2, 0.25) is 0 Å². The highest BCUT2D eigenvalue weighted by Crippen LogP contribution is 2.24. The topological polar surface area (TPSA) is 116 Å². The van der Waals surface area contributed by atoms with Crippen LogP contribution in [-0.2, 0) is 23.0 Å². The van der Waals surface area contributed by atoms with Gasteiger partial charge >= 0.3 is 0 Å². The number of nitrogens with zero attached hydrogens (tertiary/aromatic N) is 2. The first kappa shape index (κ1) is 13.1. The van der Waals surface area contributed by atoms with E-state index in [1.807, 2.05) is 0 Å². The standard InChI is InChI=1S/C11H16N6O2S/c1-6-10(7(2)14-13-6)20(18,19)17-11-8-5-12-4-3-9(8)15-16-11/h12H,3-5H2,1-2H3,(H,13,14)(H2,15,16,17). The Labute approximate surface area is 116 Å². The minimum absolute atomic E-state index is 0.179. The molecule has 3 rings (SSSR count). The van der Waals surface area contributed by atoms with Gasteiger partial charge in [-0.25, -0.2) is 8.42 Å². The Bertz CT molecular complexity index is 726. The second-order valence-corrected chi connectivity index (χ2v) is 6.44. The predicted molar refractivity (Wildman–Crippen MR) is 72.9 cm³/mol. The normalized spacial score (nSPS) is 15.1. The fourth-order valence-corrected chi connectivity index (χ4v) is 3.83. The quantitative estimate of drug-likeness (QED) is 0.645. The summed E-state index contributed by atoms with van der Waals surface area (Å²) >= 11 is 0. The summed E-state index contributed by atoms with van der Waals surface area (Å²) in [4.78, 5) is 0.179. The summed E-state index contributed by atoms with van der Waals surface area (Å²) in [5.74, 6) is 0.354. The van der Waals surface area contributed by atoms with Gasteiger partial charge < -0.3 is 5.32 Å². The smallest absolute Gasteiger partial charge is 0.266 e. The number of aromatic nitrogens is 4. The Morgan fingerprint density at radius 3 is 2.70 bits per heavy atom. The van der Waals surface area contributed by atoms with Gasteiger partial charge in [-0.05, 0) is 13.8 Å². The molecule has 0 spiro atoms. The first-order valence-electron chi connectivity index (χ1n) is 6.30. The van der Waals surface area contributed by atoms with Gasteiger partial charge in [0.15, 0.2) is 5.82 Å². The lowest BCUT2D eigenvalue weighted by Crippen LogP contribution is -2.24. The van der Waals surface area contributed by atoms with Crippen molar-refractivity contribution < 1.29 is 8.42 Å². The number of sulfonamides is 1. The summed E-state index contributed by atoms with van der Waals surface area (Å²) in [6, 6.07) is 0. The van der Waals surface area contributed by atoms with Crippen molar-refractivity contribution in [3.8, 4) is 0 Å². The highest BCUT2D eigenvalue weighted by molar-refractivity contribution is 7.92. The van der Waals surface area contributed by atoms with Crippen LogP contribution < -0.4 is 10.0 Å². The van der Waals surface area contributed by atoms with Crippen molar-refractivity contribution in [3.63, 3.8) is 0 Å². The molecule has 2 aromatic rings. The predicted octanol–water partition coefficient (Wildman–Crippen LogP) is 0.196. The molecule has 0 aromatic carbocycles. The molecule has 0 saturated heterocycles. The van der Waals surface area contributed by atoms with Crippen molar-refractivity contribution >= 4 is 15.8 Å². The van der Waals surface area contributed by atoms with Gasteiger partial charge in [-0.1, -0.05) is 0 Å². The van der Waals surface area contributed by atoms with Gasteiger partial charge in [-0.2, -0.15) is 10.2 Å². The highest BCUT2D eigenvalue weighted by Gasteiger charge is 2.26. The van der Waals surface area contributed by atoms with Crippen molar-refractivity contribution in [2.75, 3.05) is 11.3 Å². The van der Waals surface area contributed by atoms with Crippen LogP contribution in [0.5, 0.6) is 0 Å². The van der Waals surface area contributed by atoms with Crippen LogP contribution in [0.4, 0.5) is 5.82 Å². The van der Waals surface area contributed by atoms with Crippen molar-refractivity contribution in [3.05, 3.63) is 22.6 Å². The van der Waals surface area contributed by atoms with E-state index < -0.39 is 10.0 Å². The second kappa shape index (κ2) is 4.60. The van der Waals surface area contributed by atoms with Gasteiger partial charge in [0.1, 0.15) is 4.90 Å². The SMILES string of the molecule is Cc1n[nH]c(C)c1S(=O)(=O)Nc1n[nH]c2c1CNCC2. The van der Waals surface area contributed by atoms with Crippen molar-refractivity contribution in [1.82, 2.24) is 25.7 Å². The van der Waals surface area contributed by atoms with E-state index in [0.717, 1.165) is 24.2 Å². The molecule has 4 N–H and O–H groups in total. The van der Waals surface area contributed by atoms with Crippen LogP contribution >= 0.6 is 0 Å². The summed E-state index contributed by atoms with van der Waals surface area (Å²) in [6.45, 7) is 4.80. The number of aromatic amines is 2. The number of anilines is 1. The van der Waals surface area contributed by atoms with E-state index >= 15 is 0 Å². The first-order valence-corrected chi connectivity index (χ1v) is 7.78. The molecule has 1 aliphatic heterocycles. The summed E-state index contributed by atoms with van der Waals surface area (Å²) in [6.07, 6.45) is 0.813. The molecule has 0 atom stereocenters. The third kappa shape index (κ3) is 2.08. The van der Waals surface area contributed by atoms with Crippen LogP contribution in [0.25, 0.3) is 0 Å². The molecular formula is C11H16N6O2S. The molecule has 108 valence electrons. The van der Waals surface area contributed by atoms with Crippen molar-refractivity contribution in [2.45, 2.75) is 31.7 Å². The fourth-order valence-electron chi connectivity index (χ4n) is 2.42. The van der Waals surface area contributed by atoms with E-state index in [2.05, 4.69) is 30.4 Å². The summed E-state index contributed by atoms with van der Waals surface area (Å²) in [5.41, 5.74) is 2.80. The van der Waals surface area contributed by atoms with Crippen LogP contribution in [0.15, 0.2) is 4.90 Å². The minimum atomic E-state index is -3.69. The average Bonchev–Trinajstić information content (AvgIpc) is 2.94. The molecule has 1 aliphatic rings. The Balaban J connectivity index is 1.97. The van der Waals surface area contributed by atoms with Gasteiger partial charge in [0.25, 0.3) is 10.0 Å². The molecule has 0 amide bonds. The molecule has 0 radical (unpaired) electrons. The van der Waals surface area contributed by atoms with Crippen LogP contribution in [0.3, 0.4) is 0 Å². The maximum absolute atomic E-state index is 12.4. The molecular weight excluding hydrogens is 280 g/mol. The molecule has 0 fully saturated rings. The second-order valence-electron chi connectivity index (χ2n) is 4.82. The molecule has 0 bridgehead atoms. The third-order valence-corrected chi connectivity index (χ3v) is 4.97. The molecule has 2 aromatic heterocycles. The lowest BCUT2D eigenvalue weighted by molar-refractivity contribution is 0.599. The average molecular weight is 296 g/mol. The van der Waals surface area contributed by atoms with Crippen molar-refractivity contribution in [2.24, 2.45) is 0 Å². The first-order chi connectivity index (χ1) is 9.49. The van der Waals surface area contributed by atoms with E-state index in [9.17, 15) is 8.42 Å². The number of rotatable bonds is 3. The third-order valence-electron chi connectivity index (χ3n) is 3.37. The zero-order chi connectivity index (χ0) is 14.3. The van der Waals surface area contributed by atoms with E-state index in [1.54, 1.807) is 13.8 Å². The van der Waals surface area contributed by atoms with Crippen LogP contribution in [-0.4, -0.2) is 35.4 Å². The number of H-pyrrole nitrogens is 2. The summed E-state index contributed by atoms with van der Waals surface area (Å²) in [7, 11) is -3.69. The van der Waals surface area contributed by atoms with Crippen LogP contribution in [0, 0.1) is 13.8 Å². The maximum Gasteiger partial charge on any atom is 0.266 e. The molecule has 3 heterocycles. The van der Waals surface area contributed by atoms with Crippen LogP contribution in [0.1, 0.15) is 22.6 Å². The largest absolute Gasteiger partial charge is 0.312 e. The number of fused-ring (bicyclic) bond motifs is 1. The molecule has 8 nitrogen and oxygen atoms in total. The number of aryl methyl sites for hydroxylation is 2. The van der Waals surface area contributed by atoms with E-state index in [-0.39, 0.29) is 4.90 Å². The maximum atomic E-state index is 12.4. The fraction of sp³-hybridized carbons (Fsp3) is 0.455. The molecule has 9 heteroatoms. The number of nitrogens with one attached hydrogen (secondary N) is 4. The van der Waals surface area contributed by atoms with Gasteiger partial charge in [-0.3, -0.25) is 14.9 Å². The Morgan fingerprint density at radius 2 is 2.00 bits per heavy atom. The summed E-state index contributed by atoms with van der Waals surface area (Å²) < 4.78 is 27.4. The van der Waals surface area contributed by atoms with Gasteiger partial charge in [0.05, 0.1) is 11.4 Å². The number of hydrogen-bond donors (Lipinski definition) is 4. The van der Waals surface area contributed by atoms with Gasteiger partial charge in [0.2, 0.25) is 0 Å². The zero-order valence-electron chi connectivity index (χ0n) is 11.2. The van der Waals surface area contributed by atoms with E-state index in [0.29, 0.717) is 23.8 Å². The lowest BCUT2D eigenvalue weighted by Gasteiger charge is -2.13.